The van der Waals surface area contributed by atoms with Gasteiger partial charge in [0.1, 0.15) is 11.6 Å². The zero-order valence-corrected chi connectivity index (χ0v) is 13.3. The van der Waals surface area contributed by atoms with E-state index in [0.29, 0.717) is 5.75 Å². The number of carbonyl (C=O) groups excluding carboxylic acids is 1. The topological polar surface area (TPSA) is 78.1 Å². The van der Waals surface area contributed by atoms with Gasteiger partial charge in [0.2, 0.25) is 0 Å². The molecule has 0 unspecified atom stereocenters. The van der Waals surface area contributed by atoms with Crippen molar-refractivity contribution in [2.24, 2.45) is 5.73 Å². The molecule has 0 spiro atoms. The summed E-state index contributed by atoms with van der Waals surface area (Å²) in [6.45, 7) is 7.70. The Hall–Kier alpha value is -2.43. The molecule has 2 N–H and O–H groups in total. The molecule has 0 bridgehead atoms. The summed E-state index contributed by atoms with van der Waals surface area (Å²) in [6, 6.07) is 9.40. The molecule has 116 valence electrons. The second kappa shape index (κ2) is 6.56. The maximum Gasteiger partial charge on any atom is 0.258 e. The first-order valence-electron chi connectivity index (χ1n) is 7.29. The van der Waals surface area contributed by atoms with E-state index >= 15 is 0 Å². The smallest absolute Gasteiger partial charge is 0.258 e. The lowest BCUT2D eigenvalue weighted by Crippen LogP contribution is -2.30. The highest BCUT2D eigenvalue weighted by atomic mass is 16.5. The predicted molar refractivity (Wildman–Crippen MR) is 85.6 cm³/mol. The Labute approximate surface area is 130 Å². The van der Waals surface area contributed by atoms with Crippen molar-refractivity contribution in [2.45, 2.75) is 39.7 Å². The minimum atomic E-state index is -0.673. The first kappa shape index (κ1) is 15.9. The Balaban J connectivity index is 2.35. The standard InChI is InChI=1S/C17H21N3O2/c1-10(2)17-19-11(3)8-15(20-17)13-6-5-7-14(9-13)22-12(4)16(18)21/h5-10,12H,1-4H3,(H2,18,21)/t12-/m1/s1. The number of hydrogen-bond acceptors (Lipinski definition) is 4. The number of aryl methyl sites for hydroxylation is 1. The van der Waals surface area contributed by atoms with Crippen LogP contribution in [-0.4, -0.2) is 22.0 Å². The largest absolute Gasteiger partial charge is 0.481 e. The minimum absolute atomic E-state index is 0.257. The van der Waals surface area contributed by atoms with Crippen LogP contribution in [-0.2, 0) is 4.79 Å². The summed E-state index contributed by atoms with van der Waals surface area (Å²) >= 11 is 0. The van der Waals surface area contributed by atoms with Crippen LogP contribution in [0, 0.1) is 6.92 Å². The molecule has 2 rings (SSSR count). The van der Waals surface area contributed by atoms with Crippen LogP contribution >= 0.6 is 0 Å². The lowest BCUT2D eigenvalue weighted by atomic mass is 10.1. The summed E-state index contributed by atoms with van der Waals surface area (Å²) in [4.78, 5) is 20.1. The number of nitrogens with two attached hydrogens (primary N) is 1. The third-order valence-corrected chi connectivity index (χ3v) is 3.23. The molecule has 1 atom stereocenters. The van der Waals surface area contributed by atoms with E-state index in [-0.39, 0.29) is 5.92 Å². The summed E-state index contributed by atoms with van der Waals surface area (Å²) < 4.78 is 5.53. The molecule has 0 saturated heterocycles. The molecule has 5 nitrogen and oxygen atoms in total. The molecule has 2 aromatic rings. The van der Waals surface area contributed by atoms with Crippen molar-refractivity contribution in [3.8, 4) is 17.0 Å². The SMILES string of the molecule is Cc1cc(-c2cccc(O[C@H](C)C(N)=O)c2)nc(C(C)C)n1. The Bertz CT molecular complexity index is 683. The van der Waals surface area contributed by atoms with Crippen LogP contribution in [0.25, 0.3) is 11.3 Å². The number of carbonyl (C=O) groups is 1. The number of primary amides is 1. The van der Waals surface area contributed by atoms with Gasteiger partial charge in [0.05, 0.1) is 5.69 Å². The van der Waals surface area contributed by atoms with E-state index in [1.54, 1.807) is 13.0 Å². The zero-order valence-electron chi connectivity index (χ0n) is 13.3. The quantitative estimate of drug-likeness (QED) is 0.920. The van der Waals surface area contributed by atoms with E-state index in [0.717, 1.165) is 22.8 Å². The van der Waals surface area contributed by atoms with E-state index in [1.807, 2.05) is 31.2 Å². The number of ether oxygens (including phenoxy) is 1. The number of aromatic nitrogens is 2. The van der Waals surface area contributed by atoms with E-state index in [9.17, 15) is 4.79 Å². The van der Waals surface area contributed by atoms with E-state index in [4.69, 9.17) is 10.5 Å². The van der Waals surface area contributed by atoms with Gasteiger partial charge >= 0.3 is 0 Å². The molecule has 1 amide bonds. The molecule has 1 heterocycles. The molecule has 0 aliphatic heterocycles. The fraction of sp³-hybridized carbons (Fsp3) is 0.353. The van der Waals surface area contributed by atoms with Crippen molar-refractivity contribution in [1.82, 2.24) is 9.97 Å². The number of hydrogen-bond donors (Lipinski definition) is 1. The lowest BCUT2D eigenvalue weighted by molar-refractivity contribution is -0.123. The molecule has 0 aliphatic carbocycles. The van der Waals surface area contributed by atoms with Crippen LogP contribution in [0.5, 0.6) is 5.75 Å². The third kappa shape index (κ3) is 3.81. The summed E-state index contributed by atoms with van der Waals surface area (Å²) in [5.74, 6) is 1.16. The van der Waals surface area contributed by atoms with Crippen molar-refractivity contribution in [1.29, 1.82) is 0 Å². The normalized spacial score (nSPS) is 12.2. The molecule has 0 radical (unpaired) electrons. The number of amides is 1. The molecule has 1 aromatic carbocycles. The summed E-state index contributed by atoms with van der Waals surface area (Å²) in [5.41, 5.74) is 7.90. The van der Waals surface area contributed by atoms with Crippen molar-refractivity contribution in [3.63, 3.8) is 0 Å². The Morgan fingerprint density at radius 1 is 1.18 bits per heavy atom. The van der Waals surface area contributed by atoms with Gasteiger partial charge in [-0.25, -0.2) is 9.97 Å². The van der Waals surface area contributed by atoms with Gasteiger partial charge in [-0.1, -0.05) is 26.0 Å². The lowest BCUT2D eigenvalue weighted by Gasteiger charge is -2.13. The van der Waals surface area contributed by atoms with Crippen molar-refractivity contribution in [2.75, 3.05) is 0 Å². The molecule has 22 heavy (non-hydrogen) atoms. The predicted octanol–water partition coefficient (Wildman–Crippen LogP) is 2.83. The fourth-order valence-electron chi connectivity index (χ4n) is 1.99. The monoisotopic (exact) mass is 299 g/mol. The average molecular weight is 299 g/mol. The van der Waals surface area contributed by atoms with Crippen LogP contribution in [0.4, 0.5) is 0 Å². The fourth-order valence-corrected chi connectivity index (χ4v) is 1.99. The van der Waals surface area contributed by atoms with E-state index in [1.165, 1.54) is 0 Å². The van der Waals surface area contributed by atoms with Gasteiger partial charge in [-0.2, -0.15) is 0 Å². The van der Waals surface area contributed by atoms with Crippen LogP contribution in [0.3, 0.4) is 0 Å². The second-order valence-corrected chi connectivity index (χ2v) is 5.60. The summed E-state index contributed by atoms with van der Waals surface area (Å²) in [5, 5.41) is 0. The molecule has 0 fully saturated rings. The van der Waals surface area contributed by atoms with Gasteiger partial charge in [0.15, 0.2) is 6.10 Å². The molecule has 1 aromatic heterocycles. The first-order valence-corrected chi connectivity index (χ1v) is 7.29. The highest BCUT2D eigenvalue weighted by Gasteiger charge is 2.12. The third-order valence-electron chi connectivity index (χ3n) is 3.23. The summed E-state index contributed by atoms with van der Waals surface area (Å²) in [6.07, 6.45) is -0.673. The van der Waals surface area contributed by atoms with Gasteiger partial charge in [-0.15, -0.1) is 0 Å². The highest BCUT2D eigenvalue weighted by Crippen LogP contribution is 2.24. The number of rotatable bonds is 5. The minimum Gasteiger partial charge on any atom is -0.481 e. The highest BCUT2D eigenvalue weighted by molar-refractivity contribution is 5.78. The van der Waals surface area contributed by atoms with Gasteiger partial charge in [0.25, 0.3) is 5.91 Å². The first-order chi connectivity index (χ1) is 10.4. The maximum atomic E-state index is 11.1. The average Bonchev–Trinajstić information content (AvgIpc) is 2.46. The number of benzene rings is 1. The molecule has 5 heteroatoms. The zero-order chi connectivity index (χ0) is 16.3. The Morgan fingerprint density at radius 3 is 2.55 bits per heavy atom. The van der Waals surface area contributed by atoms with Gasteiger partial charge in [-0.3, -0.25) is 4.79 Å². The van der Waals surface area contributed by atoms with Crippen LogP contribution in [0.2, 0.25) is 0 Å². The van der Waals surface area contributed by atoms with Gasteiger partial charge < -0.3 is 10.5 Å². The molecule has 0 aliphatic rings. The van der Waals surface area contributed by atoms with Crippen LogP contribution < -0.4 is 10.5 Å². The summed E-state index contributed by atoms with van der Waals surface area (Å²) in [7, 11) is 0. The van der Waals surface area contributed by atoms with Crippen molar-refractivity contribution < 1.29 is 9.53 Å². The maximum absolute atomic E-state index is 11.1. The van der Waals surface area contributed by atoms with Crippen molar-refractivity contribution in [3.05, 3.63) is 41.9 Å². The Morgan fingerprint density at radius 2 is 1.91 bits per heavy atom. The molecular weight excluding hydrogens is 278 g/mol. The van der Waals surface area contributed by atoms with E-state index in [2.05, 4.69) is 23.8 Å². The van der Waals surface area contributed by atoms with Crippen LogP contribution in [0.1, 0.15) is 38.2 Å². The van der Waals surface area contributed by atoms with Crippen molar-refractivity contribution >= 4 is 5.91 Å². The molecular formula is C17H21N3O2. The molecule has 0 saturated carbocycles. The van der Waals surface area contributed by atoms with Gasteiger partial charge in [-0.05, 0) is 32.0 Å². The second-order valence-electron chi connectivity index (χ2n) is 5.60. The van der Waals surface area contributed by atoms with Crippen LogP contribution in [0.15, 0.2) is 30.3 Å². The van der Waals surface area contributed by atoms with Gasteiger partial charge in [0, 0.05) is 17.2 Å². The van der Waals surface area contributed by atoms with E-state index < -0.39 is 12.0 Å². The number of nitrogens with zero attached hydrogens (tertiary/aromatic N) is 2. The Kier molecular flexibility index (Phi) is 4.75.